The van der Waals surface area contributed by atoms with Crippen molar-refractivity contribution in [2.45, 2.75) is 20.4 Å². The largest absolute Gasteiger partial charge is 0.484 e. The third kappa shape index (κ3) is 4.44. The third-order valence-corrected chi connectivity index (χ3v) is 5.23. The number of carbonyl (C=O) groups excluding carboxylic acids is 1. The van der Waals surface area contributed by atoms with E-state index in [0.717, 1.165) is 22.3 Å². The highest BCUT2D eigenvalue weighted by molar-refractivity contribution is 6.32. The zero-order chi connectivity index (χ0) is 21.1. The van der Waals surface area contributed by atoms with Crippen molar-refractivity contribution in [3.63, 3.8) is 0 Å². The summed E-state index contributed by atoms with van der Waals surface area (Å²) in [6.07, 6.45) is 1.68. The van der Waals surface area contributed by atoms with Gasteiger partial charge in [-0.3, -0.25) is 4.79 Å². The Balaban J connectivity index is 1.32. The van der Waals surface area contributed by atoms with Crippen molar-refractivity contribution in [1.29, 1.82) is 0 Å². The number of oxazole rings is 1. The second-order valence-electron chi connectivity index (χ2n) is 6.98. The molecule has 0 spiro atoms. The van der Waals surface area contributed by atoms with E-state index in [1.54, 1.807) is 6.20 Å². The summed E-state index contributed by atoms with van der Waals surface area (Å²) in [5.41, 5.74) is 4.87. The first kappa shape index (κ1) is 19.9. The molecular weight excluding hydrogens is 402 g/mol. The summed E-state index contributed by atoms with van der Waals surface area (Å²) in [5, 5.41) is 3.56. The second kappa shape index (κ2) is 8.55. The van der Waals surface area contributed by atoms with Gasteiger partial charge in [-0.15, -0.1) is 0 Å². The Morgan fingerprint density at radius 1 is 1.13 bits per heavy atom. The number of fused-ring (bicyclic) bond motifs is 1. The predicted molar refractivity (Wildman–Crippen MR) is 116 cm³/mol. The van der Waals surface area contributed by atoms with Gasteiger partial charge in [-0.2, -0.15) is 4.98 Å². The molecule has 2 aromatic carbocycles. The highest BCUT2D eigenvalue weighted by atomic mass is 35.5. The maximum absolute atomic E-state index is 12.1. The number of aryl methyl sites for hydroxylation is 2. The molecule has 30 heavy (non-hydrogen) atoms. The summed E-state index contributed by atoms with van der Waals surface area (Å²) in [4.78, 5) is 20.7. The Kier molecular flexibility index (Phi) is 5.68. The lowest BCUT2D eigenvalue weighted by Crippen LogP contribution is -2.28. The molecule has 7 heteroatoms. The quantitative estimate of drug-likeness (QED) is 0.481. The molecule has 0 aliphatic rings. The Hall–Kier alpha value is -3.38. The molecule has 4 aromatic rings. The van der Waals surface area contributed by atoms with Gasteiger partial charge in [-0.05, 0) is 66.9 Å². The van der Waals surface area contributed by atoms with Crippen molar-refractivity contribution in [3.8, 4) is 17.2 Å². The van der Waals surface area contributed by atoms with Gasteiger partial charge in [0.2, 0.25) is 5.89 Å². The van der Waals surface area contributed by atoms with Crippen LogP contribution in [0, 0.1) is 13.8 Å². The summed E-state index contributed by atoms with van der Waals surface area (Å²) < 4.78 is 11.3. The summed E-state index contributed by atoms with van der Waals surface area (Å²) >= 11 is 6.15. The molecule has 1 amide bonds. The van der Waals surface area contributed by atoms with Gasteiger partial charge in [0.1, 0.15) is 5.75 Å². The zero-order valence-corrected chi connectivity index (χ0v) is 17.4. The van der Waals surface area contributed by atoms with Crippen molar-refractivity contribution in [2.75, 3.05) is 6.61 Å². The third-order valence-electron chi connectivity index (χ3n) is 4.64. The van der Waals surface area contributed by atoms with E-state index in [0.29, 0.717) is 34.4 Å². The minimum atomic E-state index is -0.200. The van der Waals surface area contributed by atoms with Crippen LogP contribution in [0.2, 0.25) is 5.02 Å². The molecule has 4 rings (SSSR count). The Morgan fingerprint density at radius 2 is 1.87 bits per heavy atom. The fourth-order valence-electron chi connectivity index (χ4n) is 3.05. The van der Waals surface area contributed by atoms with Gasteiger partial charge in [-0.25, -0.2) is 4.98 Å². The molecule has 0 atom stereocenters. The molecule has 0 radical (unpaired) electrons. The number of hydrogen-bond donors (Lipinski definition) is 1. The molecule has 1 N–H and O–H groups in total. The van der Waals surface area contributed by atoms with Gasteiger partial charge in [0, 0.05) is 23.3 Å². The molecule has 0 aliphatic carbocycles. The van der Waals surface area contributed by atoms with Crippen LogP contribution in [0.15, 0.2) is 59.1 Å². The van der Waals surface area contributed by atoms with Crippen LogP contribution in [0.5, 0.6) is 5.75 Å². The molecule has 152 valence electrons. The Labute approximate surface area is 178 Å². The molecule has 0 fully saturated rings. The molecule has 0 unspecified atom stereocenters. The van der Waals surface area contributed by atoms with Crippen molar-refractivity contribution in [3.05, 3.63) is 76.4 Å². The highest BCUT2D eigenvalue weighted by Crippen LogP contribution is 2.26. The molecule has 2 heterocycles. The first-order valence-electron chi connectivity index (χ1n) is 9.47. The van der Waals surface area contributed by atoms with Gasteiger partial charge >= 0.3 is 0 Å². The number of aromatic nitrogens is 2. The fourth-order valence-corrected chi connectivity index (χ4v) is 3.16. The van der Waals surface area contributed by atoms with E-state index >= 15 is 0 Å². The van der Waals surface area contributed by atoms with Gasteiger partial charge in [-0.1, -0.05) is 23.7 Å². The van der Waals surface area contributed by atoms with Crippen LogP contribution in [0.1, 0.15) is 16.7 Å². The number of hydrogen-bond acceptors (Lipinski definition) is 5. The van der Waals surface area contributed by atoms with E-state index in [1.807, 2.05) is 62.4 Å². The van der Waals surface area contributed by atoms with Crippen LogP contribution in [0.25, 0.3) is 22.7 Å². The molecule has 0 saturated carbocycles. The number of benzene rings is 2. The lowest BCUT2D eigenvalue weighted by atomic mass is 10.1. The summed E-state index contributed by atoms with van der Waals surface area (Å²) in [5.74, 6) is 0.942. The summed E-state index contributed by atoms with van der Waals surface area (Å²) in [6.45, 7) is 4.15. The zero-order valence-electron chi connectivity index (χ0n) is 16.6. The highest BCUT2D eigenvalue weighted by Gasteiger charge is 2.09. The normalized spacial score (nSPS) is 10.9. The van der Waals surface area contributed by atoms with Crippen LogP contribution in [0.4, 0.5) is 0 Å². The smallest absolute Gasteiger partial charge is 0.258 e. The number of halogens is 1. The summed E-state index contributed by atoms with van der Waals surface area (Å²) in [6, 6.07) is 14.9. The van der Waals surface area contributed by atoms with Gasteiger partial charge < -0.3 is 14.5 Å². The van der Waals surface area contributed by atoms with E-state index in [9.17, 15) is 4.79 Å². The lowest BCUT2D eigenvalue weighted by Gasteiger charge is -2.10. The summed E-state index contributed by atoms with van der Waals surface area (Å²) in [7, 11) is 0. The monoisotopic (exact) mass is 421 g/mol. The van der Waals surface area contributed by atoms with Crippen molar-refractivity contribution >= 4 is 28.7 Å². The van der Waals surface area contributed by atoms with Gasteiger partial charge in [0.05, 0.1) is 0 Å². The van der Waals surface area contributed by atoms with Crippen molar-refractivity contribution in [2.24, 2.45) is 0 Å². The number of ether oxygens (including phenoxy) is 1. The standard InChI is InChI=1S/C23H20ClN3O3/c1-14-10-18(11-15(2)21(14)24)29-13-20(28)26-12-16-5-7-17(8-6-16)23-27-22-19(30-23)4-3-9-25-22/h3-11H,12-13H2,1-2H3,(H,26,28). The van der Waals surface area contributed by atoms with E-state index < -0.39 is 0 Å². The second-order valence-corrected chi connectivity index (χ2v) is 7.36. The van der Waals surface area contributed by atoms with Crippen molar-refractivity contribution < 1.29 is 13.9 Å². The van der Waals surface area contributed by atoms with Crippen LogP contribution >= 0.6 is 11.6 Å². The Bertz CT molecular complexity index is 1150. The molecule has 0 aliphatic heterocycles. The maximum Gasteiger partial charge on any atom is 0.258 e. The first-order chi connectivity index (χ1) is 14.5. The number of amides is 1. The predicted octanol–water partition coefficient (Wildman–Crippen LogP) is 4.86. The molecule has 6 nitrogen and oxygen atoms in total. The number of rotatable bonds is 6. The SMILES string of the molecule is Cc1cc(OCC(=O)NCc2ccc(-c3nc4ncccc4o3)cc2)cc(C)c1Cl. The van der Waals surface area contributed by atoms with Gasteiger partial charge in [0.25, 0.3) is 5.91 Å². The van der Waals surface area contributed by atoms with Crippen molar-refractivity contribution in [1.82, 2.24) is 15.3 Å². The van der Waals surface area contributed by atoms with Crippen LogP contribution in [-0.2, 0) is 11.3 Å². The van der Waals surface area contributed by atoms with Crippen LogP contribution in [0.3, 0.4) is 0 Å². The topological polar surface area (TPSA) is 77.2 Å². The number of nitrogens with one attached hydrogen (secondary N) is 1. The maximum atomic E-state index is 12.1. The molecular formula is C23H20ClN3O3. The number of carbonyl (C=O) groups is 1. The van der Waals surface area contributed by atoms with Crippen LogP contribution in [-0.4, -0.2) is 22.5 Å². The average Bonchev–Trinajstić information content (AvgIpc) is 3.19. The van der Waals surface area contributed by atoms with E-state index in [4.69, 9.17) is 20.8 Å². The number of pyridine rings is 1. The number of nitrogens with zero attached hydrogens (tertiary/aromatic N) is 2. The van der Waals surface area contributed by atoms with E-state index in [2.05, 4.69) is 15.3 Å². The minimum absolute atomic E-state index is 0.0610. The average molecular weight is 422 g/mol. The molecule has 2 aromatic heterocycles. The lowest BCUT2D eigenvalue weighted by molar-refractivity contribution is -0.123. The Morgan fingerprint density at radius 3 is 2.57 bits per heavy atom. The molecule has 0 saturated heterocycles. The van der Waals surface area contributed by atoms with Gasteiger partial charge in [0.15, 0.2) is 17.8 Å². The van der Waals surface area contributed by atoms with E-state index in [-0.39, 0.29) is 12.5 Å². The minimum Gasteiger partial charge on any atom is -0.484 e. The van der Waals surface area contributed by atoms with Crippen LogP contribution < -0.4 is 10.1 Å². The fraction of sp³-hybridized carbons (Fsp3) is 0.174. The first-order valence-corrected chi connectivity index (χ1v) is 9.84. The molecule has 0 bridgehead atoms. The van der Waals surface area contributed by atoms with E-state index in [1.165, 1.54) is 0 Å².